The van der Waals surface area contributed by atoms with Crippen LogP contribution in [0.5, 0.6) is 0 Å². The molecule has 1 atom stereocenters. The highest BCUT2D eigenvalue weighted by atomic mass is 35.5. The number of halogens is 1. The lowest BCUT2D eigenvalue weighted by molar-refractivity contribution is -0.122. The van der Waals surface area contributed by atoms with Crippen molar-refractivity contribution >= 4 is 50.6 Å². The predicted molar refractivity (Wildman–Crippen MR) is 105 cm³/mol. The van der Waals surface area contributed by atoms with Crippen molar-refractivity contribution in [3.05, 3.63) is 52.4 Å². The summed E-state index contributed by atoms with van der Waals surface area (Å²) in [5.74, 6) is 0.329. The fourth-order valence-electron chi connectivity index (χ4n) is 2.06. The second-order valence-corrected chi connectivity index (χ2v) is 9.54. The van der Waals surface area contributed by atoms with E-state index in [2.05, 4.69) is 10.0 Å². The summed E-state index contributed by atoms with van der Waals surface area (Å²) < 4.78 is 27.5. The summed E-state index contributed by atoms with van der Waals surface area (Å²) >= 11 is 8.52. The second-order valence-electron chi connectivity index (χ2n) is 5.23. The molecule has 1 heterocycles. The Labute approximate surface area is 161 Å². The van der Waals surface area contributed by atoms with Gasteiger partial charge in [0.25, 0.3) is 10.0 Å². The molecule has 2 N–H and O–H groups in total. The van der Waals surface area contributed by atoms with Crippen molar-refractivity contribution in [2.24, 2.45) is 0 Å². The van der Waals surface area contributed by atoms with E-state index in [0.717, 1.165) is 16.9 Å². The van der Waals surface area contributed by atoms with Gasteiger partial charge in [0.2, 0.25) is 5.91 Å². The third-order valence-electron chi connectivity index (χ3n) is 3.36. The van der Waals surface area contributed by atoms with Crippen molar-refractivity contribution in [1.29, 1.82) is 0 Å². The van der Waals surface area contributed by atoms with Gasteiger partial charge in [-0.25, -0.2) is 8.42 Å². The van der Waals surface area contributed by atoms with Crippen LogP contribution >= 0.6 is 34.7 Å². The Bertz CT molecular complexity index is 777. The van der Waals surface area contributed by atoms with Crippen LogP contribution in [0.15, 0.2) is 46.0 Å². The molecule has 0 aliphatic heterocycles. The second kappa shape index (κ2) is 9.59. The zero-order chi connectivity index (χ0) is 18.3. The first kappa shape index (κ1) is 20.3. The molecule has 25 heavy (non-hydrogen) atoms. The number of thiophene rings is 1. The molecule has 0 spiro atoms. The summed E-state index contributed by atoms with van der Waals surface area (Å²) in [5, 5.41) is 5.09. The van der Waals surface area contributed by atoms with Gasteiger partial charge in [0.05, 0.1) is 0 Å². The standard InChI is InChI=1S/C16H19ClN2O3S3/c1-23-10-8-14(19-25(21,22)15-3-2-9-24-15)16(20)18-11-12-4-6-13(17)7-5-12/h2-7,9,14,19H,8,10-11H2,1H3,(H,18,20)/t14-/m0/s1. The lowest BCUT2D eigenvalue weighted by Gasteiger charge is -2.18. The molecule has 0 radical (unpaired) electrons. The molecule has 2 aromatic rings. The number of carbonyl (C=O) groups excluding carboxylic acids is 1. The number of carbonyl (C=O) groups is 1. The summed E-state index contributed by atoms with van der Waals surface area (Å²) in [7, 11) is -3.70. The molecule has 1 aromatic carbocycles. The first-order valence-corrected chi connectivity index (χ1v) is 11.6. The summed E-state index contributed by atoms with van der Waals surface area (Å²) in [6.45, 7) is 0.312. The number of hydrogen-bond donors (Lipinski definition) is 2. The number of rotatable bonds is 9. The highest BCUT2D eigenvalue weighted by molar-refractivity contribution is 7.98. The quantitative estimate of drug-likeness (QED) is 0.656. The van der Waals surface area contributed by atoms with E-state index >= 15 is 0 Å². The molecule has 0 aliphatic carbocycles. The maximum atomic E-state index is 12.5. The topological polar surface area (TPSA) is 75.3 Å². The number of amides is 1. The minimum Gasteiger partial charge on any atom is -0.351 e. The Balaban J connectivity index is 2.02. The lowest BCUT2D eigenvalue weighted by atomic mass is 10.2. The van der Waals surface area contributed by atoms with Gasteiger partial charge in [-0.05, 0) is 47.6 Å². The van der Waals surface area contributed by atoms with Crippen LogP contribution in [-0.4, -0.2) is 32.4 Å². The van der Waals surface area contributed by atoms with Gasteiger partial charge < -0.3 is 5.32 Å². The van der Waals surface area contributed by atoms with Crippen molar-refractivity contribution in [2.45, 2.75) is 23.2 Å². The highest BCUT2D eigenvalue weighted by Gasteiger charge is 2.25. The molecule has 0 aliphatic rings. The summed E-state index contributed by atoms with van der Waals surface area (Å²) in [6.07, 6.45) is 2.33. The zero-order valence-electron chi connectivity index (χ0n) is 13.6. The fourth-order valence-corrected chi connectivity index (χ4v) is 4.89. The number of sulfonamides is 1. The number of benzene rings is 1. The Morgan fingerprint density at radius 3 is 2.60 bits per heavy atom. The summed E-state index contributed by atoms with van der Waals surface area (Å²) in [6, 6.07) is 9.49. The van der Waals surface area contributed by atoms with E-state index in [-0.39, 0.29) is 10.1 Å². The fraction of sp³-hybridized carbons (Fsp3) is 0.312. The van der Waals surface area contributed by atoms with Gasteiger partial charge in [-0.2, -0.15) is 16.5 Å². The van der Waals surface area contributed by atoms with Gasteiger partial charge in [-0.3, -0.25) is 4.79 Å². The van der Waals surface area contributed by atoms with Gasteiger partial charge in [-0.1, -0.05) is 29.8 Å². The van der Waals surface area contributed by atoms with Crippen LogP contribution < -0.4 is 10.0 Å². The van der Waals surface area contributed by atoms with Gasteiger partial charge in [0.15, 0.2) is 0 Å². The van der Waals surface area contributed by atoms with Crippen molar-refractivity contribution in [2.75, 3.05) is 12.0 Å². The van der Waals surface area contributed by atoms with Crippen molar-refractivity contribution in [3.8, 4) is 0 Å². The van der Waals surface area contributed by atoms with E-state index in [9.17, 15) is 13.2 Å². The SMILES string of the molecule is CSCC[C@H](NS(=O)(=O)c1cccs1)C(=O)NCc1ccc(Cl)cc1. The van der Waals surface area contributed by atoms with Crippen LogP contribution in [0.25, 0.3) is 0 Å². The van der Waals surface area contributed by atoms with Crippen LogP contribution in [0.3, 0.4) is 0 Å². The molecule has 2 rings (SSSR count). The summed E-state index contributed by atoms with van der Waals surface area (Å²) in [5.41, 5.74) is 0.891. The van der Waals surface area contributed by atoms with Gasteiger partial charge in [0, 0.05) is 11.6 Å². The van der Waals surface area contributed by atoms with Crippen LogP contribution in [-0.2, 0) is 21.4 Å². The van der Waals surface area contributed by atoms with Crippen molar-refractivity contribution < 1.29 is 13.2 Å². The van der Waals surface area contributed by atoms with E-state index < -0.39 is 16.1 Å². The molecule has 136 valence electrons. The van der Waals surface area contributed by atoms with E-state index in [1.54, 1.807) is 35.3 Å². The van der Waals surface area contributed by atoms with E-state index in [4.69, 9.17) is 11.6 Å². The molecule has 0 saturated carbocycles. The maximum Gasteiger partial charge on any atom is 0.250 e. The lowest BCUT2D eigenvalue weighted by Crippen LogP contribution is -2.46. The van der Waals surface area contributed by atoms with Crippen LogP contribution in [0.2, 0.25) is 5.02 Å². The molecule has 5 nitrogen and oxygen atoms in total. The Morgan fingerprint density at radius 2 is 2.00 bits per heavy atom. The predicted octanol–water partition coefficient (Wildman–Crippen LogP) is 3.12. The minimum atomic E-state index is -3.70. The first-order valence-electron chi connectivity index (χ1n) is 7.49. The van der Waals surface area contributed by atoms with Crippen LogP contribution in [0, 0.1) is 0 Å². The molecular weight excluding hydrogens is 400 g/mol. The van der Waals surface area contributed by atoms with E-state index in [0.29, 0.717) is 23.7 Å². The number of hydrogen-bond acceptors (Lipinski definition) is 5. The van der Waals surface area contributed by atoms with Crippen molar-refractivity contribution in [1.82, 2.24) is 10.0 Å². The number of thioether (sulfide) groups is 1. The third kappa shape index (κ3) is 6.31. The largest absolute Gasteiger partial charge is 0.351 e. The maximum absolute atomic E-state index is 12.5. The molecule has 9 heteroatoms. The first-order chi connectivity index (χ1) is 11.9. The molecular formula is C16H19ClN2O3S3. The van der Waals surface area contributed by atoms with Crippen molar-refractivity contribution in [3.63, 3.8) is 0 Å². The molecule has 0 unspecified atom stereocenters. The Kier molecular flexibility index (Phi) is 7.77. The minimum absolute atomic E-state index is 0.201. The van der Waals surface area contributed by atoms with Crippen LogP contribution in [0.1, 0.15) is 12.0 Å². The normalized spacial score (nSPS) is 12.7. The molecule has 1 aromatic heterocycles. The molecule has 0 bridgehead atoms. The average Bonchev–Trinajstić information content (AvgIpc) is 3.13. The molecule has 1 amide bonds. The zero-order valence-corrected chi connectivity index (χ0v) is 16.8. The van der Waals surface area contributed by atoms with E-state index in [1.165, 1.54) is 6.07 Å². The van der Waals surface area contributed by atoms with Gasteiger partial charge in [-0.15, -0.1) is 11.3 Å². The Morgan fingerprint density at radius 1 is 1.28 bits per heavy atom. The van der Waals surface area contributed by atoms with Gasteiger partial charge >= 0.3 is 0 Å². The summed E-state index contributed by atoms with van der Waals surface area (Å²) in [4.78, 5) is 12.5. The number of nitrogens with one attached hydrogen (secondary N) is 2. The average molecular weight is 419 g/mol. The monoisotopic (exact) mass is 418 g/mol. The third-order valence-corrected chi connectivity index (χ3v) is 7.13. The molecule has 0 fully saturated rings. The van der Waals surface area contributed by atoms with Crippen LogP contribution in [0.4, 0.5) is 0 Å². The molecule has 0 saturated heterocycles. The highest BCUT2D eigenvalue weighted by Crippen LogP contribution is 2.17. The smallest absolute Gasteiger partial charge is 0.250 e. The van der Waals surface area contributed by atoms with E-state index in [1.807, 2.05) is 18.4 Å². The van der Waals surface area contributed by atoms with Gasteiger partial charge in [0.1, 0.15) is 10.3 Å². The Hall–Kier alpha value is -1.06.